The Bertz CT molecular complexity index is 1100. The molecule has 1 N–H and O–H groups in total. The van der Waals surface area contributed by atoms with Gasteiger partial charge >= 0.3 is 0 Å². The third-order valence-electron chi connectivity index (χ3n) is 7.22. The quantitative estimate of drug-likeness (QED) is 0.528. The highest BCUT2D eigenvalue weighted by Crippen LogP contribution is 2.35. The number of morpholine rings is 1. The fourth-order valence-electron chi connectivity index (χ4n) is 4.97. The molecule has 1 atom stereocenters. The van der Waals surface area contributed by atoms with Gasteiger partial charge in [-0.3, -0.25) is 9.80 Å². The van der Waals surface area contributed by atoms with Crippen LogP contribution in [0.25, 0.3) is 5.70 Å². The molecule has 0 spiro atoms. The summed E-state index contributed by atoms with van der Waals surface area (Å²) in [5, 5.41) is 5.58. The van der Waals surface area contributed by atoms with Crippen molar-refractivity contribution in [2.45, 2.75) is 38.4 Å². The van der Waals surface area contributed by atoms with Gasteiger partial charge in [-0.15, -0.1) is 0 Å². The third-order valence-corrected chi connectivity index (χ3v) is 8.27. The van der Waals surface area contributed by atoms with Crippen LogP contribution in [0.3, 0.4) is 0 Å². The predicted molar refractivity (Wildman–Crippen MR) is 141 cm³/mol. The Hall–Kier alpha value is -2.39. The van der Waals surface area contributed by atoms with Crippen LogP contribution < -0.4 is 10.1 Å². The van der Waals surface area contributed by atoms with E-state index >= 15 is 0 Å². The zero-order valence-corrected chi connectivity index (χ0v) is 21.6. The molecule has 1 unspecified atom stereocenters. The molecule has 6 nitrogen and oxygen atoms in total. The van der Waals surface area contributed by atoms with Gasteiger partial charge in [0.2, 0.25) is 0 Å². The number of benzene rings is 2. The van der Waals surface area contributed by atoms with Gasteiger partial charge in [0.1, 0.15) is 30.0 Å². The Balaban J connectivity index is 1.22. The lowest BCUT2D eigenvalue weighted by Crippen LogP contribution is -2.45. The highest BCUT2D eigenvalue weighted by atomic mass is 32.2. The molecule has 3 aliphatic heterocycles. The van der Waals surface area contributed by atoms with Gasteiger partial charge in [0, 0.05) is 44.2 Å². The molecule has 0 radical (unpaired) electrons. The van der Waals surface area contributed by atoms with Crippen molar-refractivity contribution in [1.29, 1.82) is 0 Å². The molecule has 2 aromatic carbocycles. The van der Waals surface area contributed by atoms with Gasteiger partial charge in [-0.05, 0) is 60.1 Å². The zero-order chi connectivity index (χ0) is 24.9. The van der Waals surface area contributed by atoms with Crippen LogP contribution in [0.4, 0.5) is 4.39 Å². The molecule has 0 bridgehead atoms. The minimum atomic E-state index is -0.288. The van der Waals surface area contributed by atoms with Crippen molar-refractivity contribution in [3.63, 3.8) is 0 Å². The number of likely N-dealkylation sites (tertiary alicyclic amines) is 1. The lowest BCUT2D eigenvalue weighted by Gasteiger charge is -2.34. The summed E-state index contributed by atoms with van der Waals surface area (Å²) in [5.41, 5.74) is 5.29. The smallest absolute Gasteiger partial charge is 0.132 e. The number of aldehydes is 1. The second-order valence-electron chi connectivity index (χ2n) is 9.75. The van der Waals surface area contributed by atoms with Crippen molar-refractivity contribution in [3.05, 3.63) is 69.9 Å². The standard InChI is InChI=1S/C28H34FN3O3S/c1-20-14-22(16-31-10-12-34-13-11-31)2-3-23(20)18-35-27-5-4-24(29)15-25(27)26-19-36-28(30-26)32-8-6-21(17-33)7-9-32/h2-5,14-15,17,19,21,28,30H,6-13,16,18H2,1H3. The van der Waals surface area contributed by atoms with E-state index in [9.17, 15) is 9.18 Å². The normalized spacial score (nSPS) is 21.7. The first-order chi connectivity index (χ1) is 17.6. The molecule has 0 aromatic heterocycles. The van der Waals surface area contributed by atoms with Crippen LogP contribution in [-0.2, 0) is 22.7 Å². The average molecular weight is 512 g/mol. The van der Waals surface area contributed by atoms with Crippen LogP contribution in [0.15, 0.2) is 41.8 Å². The number of halogens is 1. The molecule has 2 fully saturated rings. The minimum absolute atomic E-state index is 0.0879. The molecule has 0 saturated carbocycles. The van der Waals surface area contributed by atoms with Crippen molar-refractivity contribution >= 4 is 23.7 Å². The second-order valence-corrected chi connectivity index (χ2v) is 10.7. The molecule has 0 amide bonds. The largest absolute Gasteiger partial charge is 0.488 e. The maximum absolute atomic E-state index is 14.2. The SMILES string of the molecule is Cc1cc(CN2CCOCC2)ccc1COc1ccc(F)cc1C1=CSC(N2CCC(C=O)CC2)N1. The minimum Gasteiger partial charge on any atom is -0.488 e. The molecule has 2 saturated heterocycles. The molecule has 36 heavy (non-hydrogen) atoms. The monoisotopic (exact) mass is 511 g/mol. The Kier molecular flexibility index (Phi) is 8.26. The Labute approximate surface area is 216 Å². The summed E-state index contributed by atoms with van der Waals surface area (Å²) < 4.78 is 25.9. The number of nitrogens with one attached hydrogen (secondary N) is 1. The summed E-state index contributed by atoms with van der Waals surface area (Å²) in [6.07, 6.45) is 2.85. The molecular weight excluding hydrogens is 477 g/mol. The average Bonchev–Trinajstić information content (AvgIpc) is 3.40. The van der Waals surface area contributed by atoms with Gasteiger partial charge in [0.25, 0.3) is 0 Å². The number of rotatable bonds is 8. The van der Waals surface area contributed by atoms with E-state index in [1.54, 1.807) is 17.8 Å². The highest BCUT2D eigenvalue weighted by molar-refractivity contribution is 8.03. The molecule has 3 aliphatic rings. The number of hydrogen-bond donors (Lipinski definition) is 1. The van der Waals surface area contributed by atoms with Crippen molar-refractivity contribution < 1.29 is 18.7 Å². The van der Waals surface area contributed by atoms with Gasteiger partial charge in [-0.1, -0.05) is 30.0 Å². The fourth-order valence-corrected chi connectivity index (χ4v) is 6.01. The highest BCUT2D eigenvalue weighted by Gasteiger charge is 2.29. The van der Waals surface area contributed by atoms with Crippen LogP contribution in [-0.4, -0.2) is 61.0 Å². The maximum atomic E-state index is 14.2. The molecule has 0 aliphatic carbocycles. The predicted octanol–water partition coefficient (Wildman–Crippen LogP) is 4.37. The lowest BCUT2D eigenvalue weighted by atomic mass is 9.99. The van der Waals surface area contributed by atoms with Gasteiger partial charge in [0.05, 0.1) is 18.9 Å². The summed E-state index contributed by atoms with van der Waals surface area (Å²) in [7, 11) is 0. The van der Waals surface area contributed by atoms with Gasteiger partial charge in [0.15, 0.2) is 0 Å². The lowest BCUT2D eigenvalue weighted by molar-refractivity contribution is -0.112. The van der Waals surface area contributed by atoms with E-state index in [2.05, 4.69) is 40.2 Å². The van der Waals surface area contributed by atoms with E-state index in [1.807, 2.05) is 5.41 Å². The molecule has 5 rings (SSSR count). The molecule has 3 heterocycles. The van der Waals surface area contributed by atoms with Crippen LogP contribution in [0.2, 0.25) is 0 Å². The van der Waals surface area contributed by atoms with Crippen molar-refractivity contribution in [2.24, 2.45) is 5.92 Å². The van der Waals surface area contributed by atoms with Crippen LogP contribution >= 0.6 is 11.8 Å². The summed E-state index contributed by atoms with van der Waals surface area (Å²) in [5.74, 6) is 0.539. The topological polar surface area (TPSA) is 54.0 Å². The van der Waals surface area contributed by atoms with Crippen molar-refractivity contribution in [2.75, 3.05) is 39.4 Å². The second kappa shape index (κ2) is 11.8. The summed E-state index contributed by atoms with van der Waals surface area (Å²) in [6.45, 7) is 8.76. The van der Waals surface area contributed by atoms with Gasteiger partial charge in [-0.25, -0.2) is 4.39 Å². The number of piperidine rings is 1. The van der Waals surface area contributed by atoms with Crippen LogP contribution in [0, 0.1) is 18.7 Å². The van der Waals surface area contributed by atoms with Crippen molar-refractivity contribution in [1.82, 2.24) is 15.1 Å². The van der Waals surface area contributed by atoms with Crippen LogP contribution in [0.5, 0.6) is 5.75 Å². The number of ether oxygens (including phenoxy) is 2. The fraction of sp³-hybridized carbons (Fsp3) is 0.464. The van der Waals surface area contributed by atoms with E-state index in [1.165, 1.54) is 23.3 Å². The Morgan fingerprint density at radius 1 is 1.14 bits per heavy atom. The van der Waals surface area contributed by atoms with E-state index < -0.39 is 0 Å². The van der Waals surface area contributed by atoms with Gasteiger partial charge in [-0.2, -0.15) is 0 Å². The number of nitrogens with zero attached hydrogens (tertiary/aromatic N) is 2. The first-order valence-corrected chi connectivity index (χ1v) is 13.7. The maximum Gasteiger partial charge on any atom is 0.132 e. The summed E-state index contributed by atoms with van der Waals surface area (Å²) >= 11 is 1.68. The molecule has 2 aromatic rings. The number of carbonyl (C=O) groups is 1. The van der Waals surface area contributed by atoms with Crippen LogP contribution in [0.1, 0.15) is 35.1 Å². The van der Waals surface area contributed by atoms with Crippen molar-refractivity contribution in [3.8, 4) is 5.75 Å². The number of carbonyl (C=O) groups excluding carboxylic acids is 1. The summed E-state index contributed by atoms with van der Waals surface area (Å²) in [6, 6.07) is 11.2. The molecular formula is C28H34FN3O3S. The number of hydrogen-bond acceptors (Lipinski definition) is 7. The first kappa shape index (κ1) is 25.3. The molecule has 192 valence electrons. The van der Waals surface area contributed by atoms with E-state index in [0.717, 1.165) is 81.9 Å². The van der Waals surface area contributed by atoms with Gasteiger partial charge < -0.3 is 19.6 Å². The van der Waals surface area contributed by atoms with E-state index in [4.69, 9.17) is 9.47 Å². The van der Waals surface area contributed by atoms with E-state index in [0.29, 0.717) is 12.4 Å². The number of aryl methyl sites for hydroxylation is 1. The zero-order valence-electron chi connectivity index (χ0n) is 20.7. The molecule has 8 heteroatoms. The third kappa shape index (κ3) is 6.11. The Morgan fingerprint density at radius 3 is 2.69 bits per heavy atom. The van der Waals surface area contributed by atoms with E-state index in [-0.39, 0.29) is 17.2 Å². The number of thioether (sulfide) groups is 1. The first-order valence-electron chi connectivity index (χ1n) is 12.7. The Morgan fingerprint density at radius 2 is 1.94 bits per heavy atom. The summed E-state index contributed by atoms with van der Waals surface area (Å²) in [4.78, 5) is 15.8.